The zero-order chi connectivity index (χ0) is 10.8. The average molecular weight is 196 g/mol. The minimum atomic E-state index is -0.805. The fourth-order valence-electron chi connectivity index (χ4n) is 1.59. The number of rotatable bonds is 5. The molecule has 0 bridgehead atoms. The van der Waals surface area contributed by atoms with Crippen LogP contribution in [0.3, 0.4) is 0 Å². The summed E-state index contributed by atoms with van der Waals surface area (Å²) in [5, 5.41) is 17.4. The lowest BCUT2D eigenvalue weighted by Gasteiger charge is -2.25. The molecule has 0 heterocycles. The number of likely N-dealkylation sites (N-methyl/N-ethyl adjacent to an activating group) is 1. The van der Waals surface area contributed by atoms with Crippen molar-refractivity contribution in [1.82, 2.24) is 4.90 Å². The summed E-state index contributed by atoms with van der Waals surface area (Å²) in [4.78, 5) is 12.5. The van der Waals surface area contributed by atoms with Gasteiger partial charge in [-0.1, -0.05) is 0 Å². The van der Waals surface area contributed by atoms with Gasteiger partial charge < -0.3 is 5.11 Å². The highest BCUT2D eigenvalue weighted by atomic mass is 16.4. The van der Waals surface area contributed by atoms with Crippen LogP contribution in [-0.2, 0) is 4.79 Å². The first kappa shape index (κ1) is 11.0. The van der Waals surface area contributed by atoms with Crippen molar-refractivity contribution in [3.8, 4) is 6.07 Å². The summed E-state index contributed by atoms with van der Waals surface area (Å²) in [6.07, 6.45) is 2.65. The van der Waals surface area contributed by atoms with Crippen molar-refractivity contribution in [3.63, 3.8) is 0 Å². The van der Waals surface area contributed by atoms with Crippen molar-refractivity contribution >= 4 is 5.97 Å². The largest absolute Gasteiger partial charge is 0.480 e. The topological polar surface area (TPSA) is 64.3 Å². The molecule has 1 atom stereocenters. The number of carboxylic acids is 1. The molecule has 0 aromatic carbocycles. The minimum absolute atomic E-state index is 0.0905. The standard InChI is InChI=1S/C10H16N2O2/c1-8(9(13)14)12(2)7-10(3-4-10)5-6-11/h8H,3-5,7H2,1-2H3,(H,13,14). The van der Waals surface area contributed by atoms with E-state index in [9.17, 15) is 4.79 Å². The molecular formula is C10H16N2O2. The molecule has 4 heteroatoms. The van der Waals surface area contributed by atoms with Crippen molar-refractivity contribution in [2.45, 2.75) is 32.2 Å². The molecule has 0 spiro atoms. The van der Waals surface area contributed by atoms with Crippen LogP contribution in [0.2, 0.25) is 0 Å². The fraction of sp³-hybridized carbons (Fsp3) is 0.800. The number of nitriles is 1. The van der Waals surface area contributed by atoms with Crippen LogP contribution in [0.4, 0.5) is 0 Å². The maximum absolute atomic E-state index is 10.7. The molecule has 1 rings (SSSR count). The van der Waals surface area contributed by atoms with Gasteiger partial charge in [0.05, 0.1) is 6.07 Å². The Morgan fingerprint density at radius 3 is 2.64 bits per heavy atom. The molecule has 0 radical (unpaired) electrons. The molecule has 78 valence electrons. The first-order chi connectivity index (χ1) is 6.51. The molecule has 1 N–H and O–H groups in total. The van der Waals surface area contributed by atoms with Crippen molar-refractivity contribution in [1.29, 1.82) is 5.26 Å². The van der Waals surface area contributed by atoms with Gasteiger partial charge in [0, 0.05) is 13.0 Å². The Bertz CT molecular complexity index is 266. The summed E-state index contributed by atoms with van der Waals surface area (Å²) in [5.41, 5.74) is 0.0905. The molecule has 1 aliphatic rings. The van der Waals surface area contributed by atoms with Gasteiger partial charge in [-0.05, 0) is 32.2 Å². The van der Waals surface area contributed by atoms with Crippen LogP contribution in [0.25, 0.3) is 0 Å². The third-order valence-electron chi connectivity index (χ3n) is 3.01. The lowest BCUT2D eigenvalue weighted by Crippen LogP contribution is -2.39. The van der Waals surface area contributed by atoms with E-state index < -0.39 is 12.0 Å². The van der Waals surface area contributed by atoms with Crippen LogP contribution < -0.4 is 0 Å². The van der Waals surface area contributed by atoms with Gasteiger partial charge >= 0.3 is 5.97 Å². The zero-order valence-electron chi connectivity index (χ0n) is 8.66. The van der Waals surface area contributed by atoms with Gasteiger partial charge in [-0.15, -0.1) is 0 Å². The molecule has 1 aliphatic carbocycles. The average Bonchev–Trinajstić information content (AvgIpc) is 2.84. The first-order valence-corrected chi connectivity index (χ1v) is 4.81. The molecule has 4 nitrogen and oxygen atoms in total. The van der Waals surface area contributed by atoms with E-state index in [-0.39, 0.29) is 5.41 Å². The van der Waals surface area contributed by atoms with E-state index in [4.69, 9.17) is 10.4 Å². The van der Waals surface area contributed by atoms with Gasteiger partial charge in [-0.2, -0.15) is 5.26 Å². The van der Waals surface area contributed by atoms with Crippen molar-refractivity contribution in [2.75, 3.05) is 13.6 Å². The molecule has 0 amide bonds. The van der Waals surface area contributed by atoms with Gasteiger partial charge in [0.2, 0.25) is 0 Å². The summed E-state index contributed by atoms with van der Waals surface area (Å²) in [6, 6.07) is 1.70. The van der Waals surface area contributed by atoms with Crippen LogP contribution in [0.1, 0.15) is 26.2 Å². The predicted octanol–water partition coefficient (Wildman–Crippen LogP) is 1.09. The second kappa shape index (κ2) is 3.97. The van der Waals surface area contributed by atoms with Crippen molar-refractivity contribution < 1.29 is 9.90 Å². The maximum Gasteiger partial charge on any atom is 0.320 e. The third kappa shape index (κ3) is 2.46. The van der Waals surface area contributed by atoms with Crippen molar-refractivity contribution in [3.05, 3.63) is 0 Å². The molecular weight excluding hydrogens is 180 g/mol. The van der Waals surface area contributed by atoms with E-state index in [0.29, 0.717) is 13.0 Å². The van der Waals surface area contributed by atoms with Gasteiger partial charge in [-0.25, -0.2) is 0 Å². The molecule has 1 unspecified atom stereocenters. The highest BCUT2D eigenvalue weighted by molar-refractivity contribution is 5.72. The molecule has 0 aliphatic heterocycles. The number of aliphatic carboxylic acids is 1. The Kier molecular flexibility index (Phi) is 3.12. The Labute approximate surface area is 84.1 Å². The predicted molar refractivity (Wildman–Crippen MR) is 51.6 cm³/mol. The minimum Gasteiger partial charge on any atom is -0.480 e. The summed E-state index contributed by atoms with van der Waals surface area (Å²) in [6.45, 7) is 2.39. The third-order valence-corrected chi connectivity index (χ3v) is 3.01. The maximum atomic E-state index is 10.7. The SMILES string of the molecule is CC(C(=O)O)N(C)CC1(CC#N)CC1. The first-order valence-electron chi connectivity index (χ1n) is 4.81. The number of hydrogen-bond acceptors (Lipinski definition) is 3. The molecule has 14 heavy (non-hydrogen) atoms. The second-order valence-corrected chi connectivity index (χ2v) is 4.26. The lowest BCUT2D eigenvalue weighted by molar-refractivity contribution is -0.142. The van der Waals surface area contributed by atoms with E-state index in [1.54, 1.807) is 14.0 Å². The second-order valence-electron chi connectivity index (χ2n) is 4.26. The highest BCUT2D eigenvalue weighted by Crippen LogP contribution is 2.49. The zero-order valence-corrected chi connectivity index (χ0v) is 8.66. The Morgan fingerprint density at radius 1 is 1.71 bits per heavy atom. The Morgan fingerprint density at radius 2 is 2.29 bits per heavy atom. The van der Waals surface area contributed by atoms with Gasteiger partial charge in [0.1, 0.15) is 6.04 Å². The summed E-state index contributed by atoms with van der Waals surface area (Å²) in [5.74, 6) is -0.805. The number of hydrogen-bond donors (Lipinski definition) is 1. The van der Waals surface area contributed by atoms with Crippen LogP contribution in [-0.4, -0.2) is 35.6 Å². The van der Waals surface area contributed by atoms with Gasteiger partial charge in [0.15, 0.2) is 0 Å². The monoisotopic (exact) mass is 196 g/mol. The van der Waals surface area contributed by atoms with Crippen LogP contribution in [0, 0.1) is 16.7 Å². The van der Waals surface area contributed by atoms with Crippen molar-refractivity contribution in [2.24, 2.45) is 5.41 Å². The van der Waals surface area contributed by atoms with Crippen LogP contribution >= 0.6 is 0 Å². The van der Waals surface area contributed by atoms with E-state index in [0.717, 1.165) is 12.8 Å². The fourth-order valence-corrected chi connectivity index (χ4v) is 1.59. The smallest absolute Gasteiger partial charge is 0.320 e. The number of carboxylic acid groups (broad SMARTS) is 1. The van der Waals surface area contributed by atoms with E-state index in [1.807, 2.05) is 4.90 Å². The van der Waals surface area contributed by atoms with E-state index >= 15 is 0 Å². The Balaban J connectivity index is 2.45. The van der Waals surface area contributed by atoms with Crippen LogP contribution in [0.5, 0.6) is 0 Å². The quantitative estimate of drug-likeness (QED) is 0.714. The highest BCUT2D eigenvalue weighted by Gasteiger charge is 2.44. The van der Waals surface area contributed by atoms with Gasteiger partial charge in [0.25, 0.3) is 0 Å². The number of nitrogens with zero attached hydrogens (tertiary/aromatic N) is 2. The summed E-state index contributed by atoms with van der Waals surface area (Å²) < 4.78 is 0. The molecule has 1 fully saturated rings. The Hall–Kier alpha value is -1.08. The molecule has 1 saturated carbocycles. The van der Waals surface area contributed by atoms with E-state index in [2.05, 4.69) is 6.07 Å². The normalized spacial score (nSPS) is 20.1. The van der Waals surface area contributed by atoms with Crippen LogP contribution in [0.15, 0.2) is 0 Å². The van der Waals surface area contributed by atoms with E-state index in [1.165, 1.54) is 0 Å². The summed E-state index contributed by atoms with van der Waals surface area (Å²) in [7, 11) is 1.80. The molecule has 0 aromatic heterocycles. The van der Waals surface area contributed by atoms with Gasteiger partial charge in [-0.3, -0.25) is 9.69 Å². The molecule has 0 aromatic rings. The molecule has 0 saturated heterocycles. The number of carbonyl (C=O) groups is 1. The lowest BCUT2D eigenvalue weighted by atomic mass is 10.0. The summed E-state index contributed by atoms with van der Waals surface area (Å²) >= 11 is 0.